The summed E-state index contributed by atoms with van der Waals surface area (Å²) in [7, 11) is 1.33. The van der Waals surface area contributed by atoms with Gasteiger partial charge in [0.25, 0.3) is 5.91 Å². The summed E-state index contributed by atoms with van der Waals surface area (Å²) in [5.41, 5.74) is 19.1. The highest BCUT2D eigenvalue weighted by atomic mass is 35.5. The highest BCUT2D eigenvalue weighted by Gasteiger charge is 2.36. The topological polar surface area (TPSA) is 257 Å². The number of nitrogens with zero attached hydrogens (tertiary/aromatic N) is 2. The molecule has 4 bridgehead atoms. The molecule has 0 spiro atoms. The summed E-state index contributed by atoms with van der Waals surface area (Å²) in [4.78, 5) is 70.0. The number of nitrogens with two attached hydrogens (primary N) is 3. The number of carbonyl (C=O) groups excluding carboxylic acids is 5. The number of benzene rings is 3. The molecule has 1 heterocycles. The van der Waals surface area contributed by atoms with Crippen molar-refractivity contribution in [3.8, 4) is 28.7 Å². The first kappa shape index (κ1) is 43.9. The van der Waals surface area contributed by atoms with Gasteiger partial charge in [-0.15, -0.1) is 0 Å². The van der Waals surface area contributed by atoms with E-state index in [2.05, 4.69) is 21.3 Å². The number of amides is 5. The van der Waals surface area contributed by atoms with Crippen LogP contribution in [0.2, 0.25) is 5.02 Å². The number of aryl methyl sites for hydroxylation is 1. The van der Waals surface area contributed by atoms with Gasteiger partial charge in [0, 0.05) is 37.7 Å². The van der Waals surface area contributed by atoms with Gasteiger partial charge in [0.1, 0.15) is 61.2 Å². The van der Waals surface area contributed by atoms with E-state index in [-0.39, 0.29) is 62.8 Å². The van der Waals surface area contributed by atoms with E-state index >= 15 is 0 Å². The zero-order valence-corrected chi connectivity index (χ0v) is 32.6. The molecular weight excluding hydrogens is 761 g/mol. The van der Waals surface area contributed by atoms with Crippen LogP contribution >= 0.6 is 11.6 Å². The van der Waals surface area contributed by atoms with Gasteiger partial charge in [-0.05, 0) is 79.9 Å². The lowest BCUT2D eigenvalue weighted by Gasteiger charge is -2.32. The van der Waals surface area contributed by atoms with Gasteiger partial charge >= 0.3 is 0 Å². The minimum absolute atomic E-state index is 0.0155. The number of fused-ring (bicyclic) bond motifs is 5. The van der Waals surface area contributed by atoms with Crippen LogP contribution in [0.4, 0.5) is 4.39 Å². The molecule has 0 saturated carbocycles. The van der Waals surface area contributed by atoms with Crippen LogP contribution in [0.1, 0.15) is 46.4 Å². The second-order valence-electron chi connectivity index (χ2n) is 13.3. The number of halogens is 2. The van der Waals surface area contributed by atoms with Crippen molar-refractivity contribution in [2.75, 3.05) is 46.4 Å². The smallest absolute Gasteiger partial charge is 0.256 e. The van der Waals surface area contributed by atoms with Crippen molar-refractivity contribution < 1.29 is 37.8 Å². The average Bonchev–Trinajstić information content (AvgIpc) is 3.17. The number of hydrogen-bond acceptors (Lipinski definition) is 11. The summed E-state index contributed by atoms with van der Waals surface area (Å²) in [5.74, 6) is -4.11. The van der Waals surface area contributed by atoms with Gasteiger partial charge < -0.3 is 52.8 Å². The fourth-order valence-electron chi connectivity index (χ4n) is 6.28. The van der Waals surface area contributed by atoms with Crippen LogP contribution in [0, 0.1) is 24.1 Å². The maximum absolute atomic E-state index is 14.9. The third-order valence-electron chi connectivity index (χ3n) is 9.03. The van der Waals surface area contributed by atoms with E-state index in [1.165, 1.54) is 20.0 Å². The van der Waals surface area contributed by atoms with E-state index < -0.39 is 65.1 Å². The SMILES string of the molecule is Cc1cc(F)c(C(=O)N[C@@H](CCN)C(=O)N(C)[C@@H]2C(=O)N[C@@H](C)C(=O)N[C@H](C(=O)NCC#N)Cc3ccc(OCCN)c(c3)-c3cc2ccc3OCCN)c(Cl)c1. The molecule has 4 atom stereocenters. The van der Waals surface area contributed by atoms with Gasteiger partial charge in [0.05, 0.1) is 16.7 Å². The number of likely N-dealkylation sites (N-methyl/N-ethyl adjacent to an activating group) is 1. The van der Waals surface area contributed by atoms with Crippen LogP contribution in [0.25, 0.3) is 11.1 Å². The van der Waals surface area contributed by atoms with Crippen molar-refractivity contribution in [1.29, 1.82) is 5.26 Å². The van der Waals surface area contributed by atoms with Crippen molar-refractivity contribution in [2.45, 2.75) is 50.9 Å². The van der Waals surface area contributed by atoms with Crippen molar-refractivity contribution in [2.24, 2.45) is 17.2 Å². The minimum Gasteiger partial charge on any atom is -0.492 e. The molecule has 1 aliphatic heterocycles. The van der Waals surface area contributed by atoms with Gasteiger partial charge in [0.15, 0.2) is 0 Å². The van der Waals surface area contributed by atoms with E-state index in [4.69, 9.17) is 43.5 Å². The maximum Gasteiger partial charge on any atom is 0.256 e. The molecule has 3 aromatic carbocycles. The number of ether oxygens (including phenoxy) is 2. The molecule has 4 rings (SSSR count). The van der Waals surface area contributed by atoms with Gasteiger partial charge in [-0.25, -0.2) is 4.39 Å². The summed E-state index contributed by atoms with van der Waals surface area (Å²) < 4.78 is 27.0. The van der Waals surface area contributed by atoms with Crippen LogP contribution in [0.3, 0.4) is 0 Å². The first-order valence-corrected chi connectivity index (χ1v) is 18.5. The quantitative estimate of drug-likeness (QED) is 0.113. The van der Waals surface area contributed by atoms with E-state index in [0.717, 1.165) is 11.0 Å². The Morgan fingerprint density at radius 2 is 1.63 bits per heavy atom. The Morgan fingerprint density at radius 1 is 0.982 bits per heavy atom. The Balaban J connectivity index is 1.89. The van der Waals surface area contributed by atoms with Crippen molar-refractivity contribution in [3.63, 3.8) is 0 Å². The lowest BCUT2D eigenvalue weighted by Crippen LogP contribution is -2.56. The zero-order valence-electron chi connectivity index (χ0n) is 31.8. The summed E-state index contributed by atoms with van der Waals surface area (Å²) >= 11 is 6.23. The summed E-state index contributed by atoms with van der Waals surface area (Å²) in [5, 5.41) is 19.2. The molecule has 0 aromatic heterocycles. The van der Waals surface area contributed by atoms with Crippen molar-refractivity contribution in [3.05, 3.63) is 81.6 Å². The maximum atomic E-state index is 14.9. The first-order valence-electron chi connectivity index (χ1n) is 18.2. The molecule has 10 N–H and O–H groups in total. The molecule has 18 heteroatoms. The van der Waals surface area contributed by atoms with E-state index in [1.54, 1.807) is 43.3 Å². The molecule has 0 aliphatic carbocycles. The van der Waals surface area contributed by atoms with Crippen LogP contribution in [-0.2, 0) is 25.6 Å². The summed E-state index contributed by atoms with van der Waals surface area (Å²) in [6.07, 6.45) is -0.119. The normalized spacial score (nSPS) is 17.1. The molecule has 16 nitrogen and oxygen atoms in total. The Bertz CT molecular complexity index is 2000. The number of carbonyl (C=O) groups is 5. The van der Waals surface area contributed by atoms with E-state index in [0.29, 0.717) is 33.8 Å². The minimum atomic E-state index is -1.46. The monoisotopic (exact) mass is 807 g/mol. The molecule has 0 unspecified atom stereocenters. The van der Waals surface area contributed by atoms with Gasteiger partial charge in [-0.3, -0.25) is 24.0 Å². The lowest BCUT2D eigenvalue weighted by molar-refractivity contribution is -0.141. The fourth-order valence-corrected chi connectivity index (χ4v) is 6.62. The Morgan fingerprint density at radius 3 is 2.25 bits per heavy atom. The highest BCUT2D eigenvalue weighted by Crippen LogP contribution is 2.40. The molecule has 3 aromatic rings. The molecule has 1 aliphatic rings. The molecule has 0 saturated heterocycles. The van der Waals surface area contributed by atoms with Crippen LogP contribution < -0.4 is 47.9 Å². The predicted molar refractivity (Wildman–Crippen MR) is 209 cm³/mol. The van der Waals surface area contributed by atoms with E-state index in [1.807, 2.05) is 6.07 Å². The Kier molecular flexibility index (Phi) is 15.7. The third kappa shape index (κ3) is 11.0. The average molecular weight is 808 g/mol. The molecule has 0 radical (unpaired) electrons. The first-order chi connectivity index (χ1) is 27.2. The fraction of sp³-hybridized carbons (Fsp3) is 0.385. The second-order valence-corrected chi connectivity index (χ2v) is 13.7. The van der Waals surface area contributed by atoms with Gasteiger partial charge in [-0.1, -0.05) is 23.7 Å². The molecule has 0 fully saturated rings. The lowest BCUT2D eigenvalue weighted by atomic mass is 9.93. The highest BCUT2D eigenvalue weighted by molar-refractivity contribution is 6.34. The number of nitriles is 1. The zero-order chi connectivity index (χ0) is 41.8. The summed E-state index contributed by atoms with van der Waals surface area (Å²) in [6.45, 7) is 3.21. The number of hydrogen-bond donors (Lipinski definition) is 7. The predicted octanol–water partition coefficient (Wildman–Crippen LogP) is 0.962. The second kappa shape index (κ2) is 20.4. The third-order valence-corrected chi connectivity index (χ3v) is 9.32. The van der Waals surface area contributed by atoms with Crippen molar-refractivity contribution in [1.82, 2.24) is 26.2 Å². The van der Waals surface area contributed by atoms with E-state index in [9.17, 15) is 28.4 Å². The largest absolute Gasteiger partial charge is 0.492 e. The number of rotatable bonds is 14. The van der Waals surface area contributed by atoms with Crippen LogP contribution in [-0.4, -0.2) is 99.0 Å². The molecule has 304 valence electrons. The number of nitrogens with one attached hydrogen (secondary N) is 4. The molecular formula is C39H47ClFN9O7. The Hall–Kier alpha value is -5.80. The van der Waals surface area contributed by atoms with Crippen LogP contribution in [0.5, 0.6) is 11.5 Å². The Labute approximate surface area is 334 Å². The molecule has 5 amide bonds. The molecule has 57 heavy (non-hydrogen) atoms. The summed E-state index contributed by atoms with van der Waals surface area (Å²) in [6, 6.07) is 9.06. The van der Waals surface area contributed by atoms with Crippen molar-refractivity contribution >= 4 is 41.1 Å². The van der Waals surface area contributed by atoms with Gasteiger partial charge in [0.2, 0.25) is 23.6 Å². The van der Waals surface area contributed by atoms with Gasteiger partial charge in [-0.2, -0.15) is 5.26 Å². The standard InChI is InChI=1S/C39H47ClFN9O7/c1-21-16-27(40)33(28(41)17-21)37(53)48-29(8-9-42)39(55)50(3)34-24-5-7-32(57-15-12-45)26(20-24)25-18-23(4-6-31(25)56-14-11-44)19-30(36(52)46-13-10-43)49-35(51)22(2)47-38(34)54/h4-7,16-18,20,22,29-30,34H,8-9,11-15,19,42,44-45H2,1-3H3,(H,46,52)(H,47,54)(H,48,53)(H,49,51)/t22-,29-,30-,34-/m0/s1. The van der Waals surface area contributed by atoms with Crippen LogP contribution in [0.15, 0.2) is 48.5 Å².